The number of rotatable bonds is 4. The smallest absolute Gasteiger partial charge is 0.312 e. The van der Waals surface area contributed by atoms with Crippen LogP contribution in [0.15, 0.2) is 35.1 Å². The zero-order valence-electron chi connectivity index (χ0n) is 16.1. The average molecular weight is 417 g/mol. The van der Waals surface area contributed by atoms with E-state index in [1.807, 2.05) is 26.8 Å². The molecule has 0 radical (unpaired) electrons. The SMILES string of the molecule is [C-]#[N+]c1c(C(F)(F)F)cc(-c2cccc(C)c2)n(Cc2sc(CC)nc2C)c1=O. The fraction of sp³-hybridized carbons (Fsp3) is 0.286. The average Bonchev–Trinajstić information content (AvgIpc) is 3.02. The molecule has 0 fully saturated rings. The third-order valence-electron chi connectivity index (χ3n) is 4.55. The van der Waals surface area contributed by atoms with Gasteiger partial charge in [-0.2, -0.15) is 13.2 Å². The van der Waals surface area contributed by atoms with Gasteiger partial charge in [0.05, 0.1) is 29.4 Å². The number of alkyl halides is 3. The first-order valence-corrected chi connectivity index (χ1v) is 9.72. The predicted molar refractivity (Wildman–Crippen MR) is 107 cm³/mol. The number of halogens is 3. The summed E-state index contributed by atoms with van der Waals surface area (Å²) < 4.78 is 41.9. The van der Waals surface area contributed by atoms with E-state index in [1.54, 1.807) is 18.2 Å². The van der Waals surface area contributed by atoms with Gasteiger partial charge in [0.2, 0.25) is 0 Å². The summed E-state index contributed by atoms with van der Waals surface area (Å²) in [4.78, 5) is 21.1. The molecule has 0 unspecified atom stereocenters. The van der Waals surface area contributed by atoms with Crippen molar-refractivity contribution < 1.29 is 13.2 Å². The number of aryl methyl sites for hydroxylation is 3. The molecule has 3 aromatic rings. The minimum Gasteiger partial charge on any atom is -0.312 e. The highest BCUT2D eigenvalue weighted by molar-refractivity contribution is 7.11. The third-order valence-corrected chi connectivity index (χ3v) is 5.83. The second-order valence-electron chi connectivity index (χ2n) is 6.63. The van der Waals surface area contributed by atoms with Gasteiger partial charge in [0, 0.05) is 10.6 Å². The zero-order chi connectivity index (χ0) is 21.3. The van der Waals surface area contributed by atoms with Crippen molar-refractivity contribution in [2.45, 2.75) is 39.9 Å². The molecule has 2 heterocycles. The van der Waals surface area contributed by atoms with Crippen LogP contribution in [-0.2, 0) is 19.1 Å². The molecule has 0 aliphatic carbocycles. The maximum atomic E-state index is 13.6. The summed E-state index contributed by atoms with van der Waals surface area (Å²) in [5, 5.41) is 0.889. The normalized spacial score (nSPS) is 11.5. The second kappa shape index (κ2) is 7.84. The fourth-order valence-corrected chi connectivity index (χ4v) is 4.09. The molecule has 0 saturated carbocycles. The van der Waals surface area contributed by atoms with E-state index in [0.29, 0.717) is 5.56 Å². The minimum atomic E-state index is -4.80. The van der Waals surface area contributed by atoms with Crippen LogP contribution < -0.4 is 5.56 Å². The van der Waals surface area contributed by atoms with E-state index in [2.05, 4.69) is 9.83 Å². The van der Waals surface area contributed by atoms with Gasteiger partial charge in [-0.25, -0.2) is 9.83 Å². The molecule has 0 spiro atoms. The summed E-state index contributed by atoms with van der Waals surface area (Å²) in [5.74, 6) is 0. The van der Waals surface area contributed by atoms with E-state index in [9.17, 15) is 18.0 Å². The van der Waals surface area contributed by atoms with Crippen LogP contribution in [0.25, 0.3) is 16.1 Å². The Morgan fingerprint density at radius 3 is 2.52 bits per heavy atom. The van der Waals surface area contributed by atoms with Gasteiger partial charge in [-0.1, -0.05) is 30.7 Å². The van der Waals surface area contributed by atoms with Crippen LogP contribution in [0.4, 0.5) is 18.9 Å². The van der Waals surface area contributed by atoms with Gasteiger partial charge in [0.1, 0.15) is 0 Å². The molecular weight excluding hydrogens is 399 g/mol. The molecule has 8 heteroatoms. The van der Waals surface area contributed by atoms with Crippen molar-refractivity contribution in [3.05, 3.63) is 78.8 Å². The van der Waals surface area contributed by atoms with Crippen LogP contribution in [0, 0.1) is 20.4 Å². The molecule has 150 valence electrons. The Hall–Kier alpha value is -2.92. The summed E-state index contributed by atoms with van der Waals surface area (Å²) in [7, 11) is 0. The highest BCUT2D eigenvalue weighted by Crippen LogP contribution is 2.37. The molecule has 0 aliphatic rings. The van der Waals surface area contributed by atoms with Crippen LogP contribution in [0.2, 0.25) is 0 Å². The number of benzene rings is 1. The standard InChI is InChI=1S/C21H18F3N3OS/c1-5-18-26-13(3)17(29-18)11-27-16(14-8-6-7-12(2)9-14)10-15(21(22,23)24)19(25-4)20(27)28/h6-10H,5,11H2,1-3H3. The maximum absolute atomic E-state index is 13.6. The van der Waals surface area contributed by atoms with Gasteiger partial charge in [0.25, 0.3) is 11.2 Å². The fourth-order valence-electron chi connectivity index (χ4n) is 3.09. The van der Waals surface area contributed by atoms with Gasteiger partial charge < -0.3 is 4.57 Å². The van der Waals surface area contributed by atoms with Crippen LogP contribution in [0.5, 0.6) is 0 Å². The lowest BCUT2D eigenvalue weighted by Crippen LogP contribution is -2.25. The molecule has 0 N–H and O–H groups in total. The number of hydrogen-bond donors (Lipinski definition) is 0. The topological polar surface area (TPSA) is 39.2 Å². The molecular formula is C21H18F3N3OS. The van der Waals surface area contributed by atoms with Crippen molar-refractivity contribution in [3.63, 3.8) is 0 Å². The Balaban J connectivity index is 2.32. The zero-order valence-corrected chi connectivity index (χ0v) is 16.9. The van der Waals surface area contributed by atoms with Gasteiger partial charge in [-0.15, -0.1) is 11.3 Å². The molecule has 3 rings (SSSR count). The van der Waals surface area contributed by atoms with Gasteiger partial charge in [0.15, 0.2) is 0 Å². The quantitative estimate of drug-likeness (QED) is 0.506. The molecule has 0 aliphatic heterocycles. The van der Waals surface area contributed by atoms with E-state index >= 15 is 0 Å². The Labute approximate surface area is 170 Å². The Morgan fingerprint density at radius 1 is 1.24 bits per heavy atom. The van der Waals surface area contributed by atoms with Crippen LogP contribution in [0.3, 0.4) is 0 Å². The van der Waals surface area contributed by atoms with E-state index in [0.717, 1.165) is 33.6 Å². The first kappa shape index (κ1) is 20.8. The van der Waals surface area contributed by atoms with Crippen molar-refractivity contribution >= 4 is 17.0 Å². The van der Waals surface area contributed by atoms with Gasteiger partial charge in [-0.3, -0.25) is 4.79 Å². The Bertz CT molecular complexity index is 1170. The molecule has 0 atom stereocenters. The predicted octanol–water partition coefficient (Wildman–Crippen LogP) is 5.77. The lowest BCUT2D eigenvalue weighted by atomic mass is 10.0. The molecule has 0 amide bonds. The van der Waals surface area contributed by atoms with Crippen LogP contribution in [-0.4, -0.2) is 9.55 Å². The molecule has 29 heavy (non-hydrogen) atoms. The maximum Gasteiger partial charge on any atom is 0.407 e. The summed E-state index contributed by atoms with van der Waals surface area (Å²) in [6, 6.07) is 7.83. The highest BCUT2D eigenvalue weighted by Gasteiger charge is 2.36. The van der Waals surface area contributed by atoms with Crippen LogP contribution >= 0.6 is 11.3 Å². The summed E-state index contributed by atoms with van der Waals surface area (Å²) in [5.41, 5.74) is -0.861. The number of nitrogens with zero attached hydrogens (tertiary/aromatic N) is 3. The van der Waals surface area contributed by atoms with E-state index < -0.39 is 23.0 Å². The van der Waals surface area contributed by atoms with Gasteiger partial charge >= 0.3 is 6.18 Å². The summed E-state index contributed by atoms with van der Waals surface area (Å²) in [6.45, 7) is 12.8. The first-order chi connectivity index (χ1) is 13.7. The number of aromatic nitrogens is 2. The Morgan fingerprint density at radius 2 is 1.97 bits per heavy atom. The third kappa shape index (κ3) is 4.10. The molecule has 0 bridgehead atoms. The monoisotopic (exact) mass is 417 g/mol. The van der Waals surface area contributed by atoms with Crippen molar-refractivity contribution in [3.8, 4) is 11.3 Å². The second-order valence-corrected chi connectivity index (χ2v) is 7.80. The minimum absolute atomic E-state index is 0.0618. The number of thiazole rings is 1. The van der Waals surface area contributed by atoms with E-state index in [4.69, 9.17) is 6.57 Å². The summed E-state index contributed by atoms with van der Waals surface area (Å²) >= 11 is 1.42. The van der Waals surface area contributed by atoms with Gasteiger partial charge in [-0.05, 0) is 38.0 Å². The first-order valence-electron chi connectivity index (χ1n) is 8.90. The van der Waals surface area contributed by atoms with Crippen molar-refractivity contribution in [1.82, 2.24) is 9.55 Å². The van der Waals surface area contributed by atoms with Crippen LogP contribution in [0.1, 0.15) is 33.6 Å². The Kier molecular flexibility index (Phi) is 5.62. The number of pyridine rings is 1. The van der Waals surface area contributed by atoms with Crippen molar-refractivity contribution in [2.24, 2.45) is 0 Å². The van der Waals surface area contributed by atoms with E-state index in [-0.39, 0.29) is 12.2 Å². The lowest BCUT2D eigenvalue weighted by molar-refractivity contribution is -0.136. The largest absolute Gasteiger partial charge is 0.407 e. The molecule has 0 saturated heterocycles. The highest BCUT2D eigenvalue weighted by atomic mass is 32.1. The molecule has 2 aromatic heterocycles. The molecule has 1 aromatic carbocycles. The van der Waals surface area contributed by atoms with E-state index in [1.165, 1.54) is 15.9 Å². The van der Waals surface area contributed by atoms with Crippen molar-refractivity contribution in [2.75, 3.05) is 0 Å². The van der Waals surface area contributed by atoms with Crippen molar-refractivity contribution in [1.29, 1.82) is 0 Å². The lowest BCUT2D eigenvalue weighted by Gasteiger charge is -2.18. The summed E-state index contributed by atoms with van der Waals surface area (Å²) in [6.07, 6.45) is -4.07. The number of hydrogen-bond acceptors (Lipinski definition) is 3. The molecule has 4 nitrogen and oxygen atoms in total.